The van der Waals surface area contributed by atoms with Crippen molar-refractivity contribution < 1.29 is 8.42 Å². The standard InChI is InChI=1S/C12H16BrN3O2S3/c1-7-6-19-12(15-7)8(2)16-21(17,18)10-4-9(5-14-3)20-11(10)13/h4,6,8,14,16H,5H2,1-3H3. The summed E-state index contributed by atoms with van der Waals surface area (Å²) in [6.07, 6.45) is 0. The van der Waals surface area contributed by atoms with Crippen LogP contribution in [-0.4, -0.2) is 20.4 Å². The van der Waals surface area contributed by atoms with Gasteiger partial charge in [-0.1, -0.05) is 0 Å². The van der Waals surface area contributed by atoms with E-state index in [-0.39, 0.29) is 10.9 Å². The SMILES string of the molecule is CNCc1cc(S(=O)(=O)NC(C)c2nc(C)cs2)c(Br)s1. The molecule has 2 heterocycles. The van der Waals surface area contributed by atoms with Crippen molar-refractivity contribution in [2.24, 2.45) is 0 Å². The number of aromatic nitrogens is 1. The fourth-order valence-corrected chi connectivity index (χ4v) is 6.54. The van der Waals surface area contributed by atoms with Crippen LogP contribution < -0.4 is 10.0 Å². The van der Waals surface area contributed by atoms with Gasteiger partial charge in [0.05, 0.1) is 9.83 Å². The van der Waals surface area contributed by atoms with Crippen molar-refractivity contribution in [3.05, 3.63) is 30.8 Å². The van der Waals surface area contributed by atoms with E-state index in [9.17, 15) is 8.42 Å². The number of nitrogens with zero attached hydrogens (tertiary/aromatic N) is 1. The third-order valence-corrected chi connectivity index (χ3v) is 7.62. The number of sulfonamides is 1. The normalized spacial score (nSPS) is 13.5. The Morgan fingerprint density at radius 3 is 2.76 bits per heavy atom. The zero-order valence-corrected chi connectivity index (χ0v) is 15.8. The van der Waals surface area contributed by atoms with Crippen LogP contribution in [0.4, 0.5) is 0 Å². The lowest BCUT2D eigenvalue weighted by atomic mass is 10.4. The highest BCUT2D eigenvalue weighted by molar-refractivity contribution is 9.11. The minimum atomic E-state index is -3.57. The van der Waals surface area contributed by atoms with E-state index >= 15 is 0 Å². The summed E-state index contributed by atoms with van der Waals surface area (Å²) in [5.74, 6) is 0. The Balaban J connectivity index is 2.22. The maximum atomic E-state index is 12.5. The molecule has 5 nitrogen and oxygen atoms in total. The van der Waals surface area contributed by atoms with Gasteiger partial charge in [-0.3, -0.25) is 0 Å². The lowest BCUT2D eigenvalue weighted by Gasteiger charge is -2.11. The fourth-order valence-electron chi connectivity index (χ4n) is 1.76. The van der Waals surface area contributed by atoms with Crippen LogP contribution in [0.15, 0.2) is 20.1 Å². The number of thiophene rings is 1. The summed E-state index contributed by atoms with van der Waals surface area (Å²) in [5.41, 5.74) is 0.897. The number of rotatable bonds is 6. The van der Waals surface area contributed by atoms with E-state index in [1.54, 1.807) is 13.0 Å². The molecule has 1 unspecified atom stereocenters. The Morgan fingerprint density at radius 2 is 2.19 bits per heavy atom. The maximum absolute atomic E-state index is 12.5. The van der Waals surface area contributed by atoms with Gasteiger partial charge in [0.2, 0.25) is 10.0 Å². The van der Waals surface area contributed by atoms with Gasteiger partial charge in [0, 0.05) is 22.5 Å². The average molecular weight is 410 g/mol. The minimum Gasteiger partial charge on any atom is -0.315 e. The second kappa shape index (κ2) is 6.84. The third-order valence-electron chi connectivity index (χ3n) is 2.69. The Bertz CT molecular complexity index is 724. The van der Waals surface area contributed by atoms with Crippen LogP contribution in [-0.2, 0) is 16.6 Å². The quantitative estimate of drug-likeness (QED) is 0.768. The first-order valence-electron chi connectivity index (χ1n) is 6.20. The first-order chi connectivity index (χ1) is 9.83. The van der Waals surface area contributed by atoms with Crippen LogP contribution in [0.5, 0.6) is 0 Å². The van der Waals surface area contributed by atoms with Gasteiger partial charge in [-0.05, 0) is 42.9 Å². The van der Waals surface area contributed by atoms with E-state index in [2.05, 4.69) is 31.0 Å². The molecule has 9 heteroatoms. The van der Waals surface area contributed by atoms with Gasteiger partial charge in [-0.2, -0.15) is 0 Å². The number of halogens is 1. The summed E-state index contributed by atoms with van der Waals surface area (Å²) in [4.78, 5) is 5.55. The molecular weight excluding hydrogens is 394 g/mol. The van der Waals surface area contributed by atoms with Crippen LogP contribution in [0.25, 0.3) is 0 Å². The fraction of sp³-hybridized carbons (Fsp3) is 0.417. The molecule has 0 saturated heterocycles. The summed E-state index contributed by atoms with van der Waals surface area (Å²) in [7, 11) is -1.75. The highest BCUT2D eigenvalue weighted by atomic mass is 79.9. The summed E-state index contributed by atoms with van der Waals surface area (Å²) in [6, 6.07) is 1.33. The highest BCUT2D eigenvalue weighted by Gasteiger charge is 2.24. The lowest BCUT2D eigenvalue weighted by Crippen LogP contribution is -2.26. The van der Waals surface area contributed by atoms with Crippen molar-refractivity contribution in [2.45, 2.75) is 31.3 Å². The predicted molar refractivity (Wildman–Crippen MR) is 90.4 cm³/mol. The predicted octanol–water partition coefficient (Wildman–Crippen LogP) is 3.03. The zero-order chi connectivity index (χ0) is 15.6. The smallest absolute Gasteiger partial charge is 0.243 e. The van der Waals surface area contributed by atoms with Crippen LogP contribution in [0.2, 0.25) is 0 Å². The number of hydrogen-bond acceptors (Lipinski definition) is 6. The first-order valence-corrected chi connectivity index (χ1v) is 10.2. The summed E-state index contributed by atoms with van der Waals surface area (Å²) in [5, 5.41) is 5.68. The van der Waals surface area contributed by atoms with E-state index in [0.29, 0.717) is 10.3 Å². The van der Waals surface area contributed by atoms with Gasteiger partial charge < -0.3 is 5.32 Å². The molecule has 116 valence electrons. The molecule has 0 aliphatic rings. The van der Waals surface area contributed by atoms with Crippen molar-refractivity contribution in [3.8, 4) is 0 Å². The third kappa shape index (κ3) is 4.11. The zero-order valence-electron chi connectivity index (χ0n) is 11.8. The molecule has 0 fully saturated rings. The molecule has 0 aliphatic heterocycles. The van der Waals surface area contributed by atoms with Crippen LogP contribution in [0, 0.1) is 6.92 Å². The highest BCUT2D eigenvalue weighted by Crippen LogP contribution is 2.32. The van der Waals surface area contributed by atoms with Gasteiger partial charge in [0.15, 0.2) is 0 Å². The average Bonchev–Trinajstić information content (AvgIpc) is 2.96. The van der Waals surface area contributed by atoms with Gasteiger partial charge in [0.25, 0.3) is 0 Å². The molecule has 2 rings (SSSR count). The first kappa shape index (κ1) is 17.0. The largest absolute Gasteiger partial charge is 0.315 e. The van der Waals surface area contributed by atoms with Gasteiger partial charge in [-0.15, -0.1) is 22.7 Å². The number of aryl methyl sites for hydroxylation is 1. The van der Waals surface area contributed by atoms with Crippen molar-refractivity contribution in [3.63, 3.8) is 0 Å². The topological polar surface area (TPSA) is 71.1 Å². The van der Waals surface area contributed by atoms with Crippen LogP contribution >= 0.6 is 38.6 Å². The van der Waals surface area contributed by atoms with E-state index in [1.165, 1.54) is 22.7 Å². The molecule has 2 N–H and O–H groups in total. The van der Waals surface area contributed by atoms with Crippen molar-refractivity contribution in [2.75, 3.05) is 7.05 Å². The Labute approximate surface area is 141 Å². The Hall–Kier alpha value is -0.320. The number of nitrogens with one attached hydrogen (secondary N) is 2. The molecule has 0 aromatic carbocycles. The van der Waals surface area contributed by atoms with E-state index < -0.39 is 10.0 Å². The van der Waals surface area contributed by atoms with Crippen molar-refractivity contribution in [1.82, 2.24) is 15.0 Å². The lowest BCUT2D eigenvalue weighted by molar-refractivity contribution is 0.566. The molecule has 0 amide bonds. The second-order valence-electron chi connectivity index (χ2n) is 4.55. The van der Waals surface area contributed by atoms with Gasteiger partial charge in [0.1, 0.15) is 9.90 Å². The van der Waals surface area contributed by atoms with Crippen LogP contribution in [0.1, 0.15) is 28.5 Å². The van der Waals surface area contributed by atoms with Gasteiger partial charge in [-0.25, -0.2) is 18.1 Å². The molecule has 0 radical (unpaired) electrons. The summed E-state index contributed by atoms with van der Waals surface area (Å²) >= 11 is 6.20. The number of hydrogen-bond donors (Lipinski definition) is 2. The Kier molecular flexibility index (Phi) is 5.55. The molecule has 2 aromatic rings. The van der Waals surface area contributed by atoms with E-state index in [4.69, 9.17) is 0 Å². The molecule has 1 atom stereocenters. The second-order valence-corrected chi connectivity index (χ2v) is 9.58. The molecule has 2 aromatic heterocycles. The Morgan fingerprint density at radius 1 is 1.48 bits per heavy atom. The van der Waals surface area contributed by atoms with Gasteiger partial charge >= 0.3 is 0 Å². The maximum Gasteiger partial charge on any atom is 0.243 e. The van der Waals surface area contributed by atoms with Crippen molar-refractivity contribution in [1.29, 1.82) is 0 Å². The molecule has 0 bridgehead atoms. The molecule has 0 aliphatic carbocycles. The monoisotopic (exact) mass is 409 g/mol. The molecule has 0 spiro atoms. The van der Waals surface area contributed by atoms with E-state index in [1.807, 2.05) is 19.4 Å². The molecular formula is C12H16BrN3O2S3. The van der Waals surface area contributed by atoms with Crippen molar-refractivity contribution >= 4 is 48.6 Å². The minimum absolute atomic E-state index is 0.276. The summed E-state index contributed by atoms with van der Waals surface area (Å²) in [6.45, 7) is 4.32. The molecule has 21 heavy (non-hydrogen) atoms. The van der Waals surface area contributed by atoms with Crippen LogP contribution in [0.3, 0.4) is 0 Å². The summed E-state index contributed by atoms with van der Waals surface area (Å²) < 4.78 is 28.3. The number of thiazole rings is 1. The van der Waals surface area contributed by atoms with E-state index in [0.717, 1.165) is 15.6 Å². The molecule has 0 saturated carbocycles.